The second-order valence-corrected chi connectivity index (χ2v) is 6.07. The highest BCUT2D eigenvalue weighted by atomic mass is 19.2. The average molecular weight is 389 g/mol. The van der Waals surface area contributed by atoms with E-state index >= 15 is 0 Å². The molecule has 1 N–H and O–H groups in total. The first kappa shape index (κ1) is 17.9. The van der Waals surface area contributed by atoms with Crippen molar-refractivity contribution in [2.24, 2.45) is 0 Å². The Hall–Kier alpha value is -3.49. The second-order valence-electron chi connectivity index (χ2n) is 6.07. The van der Waals surface area contributed by atoms with Crippen molar-refractivity contribution < 1.29 is 22.6 Å². The third-order valence-electron chi connectivity index (χ3n) is 4.13. The van der Waals surface area contributed by atoms with Gasteiger partial charge in [0.2, 0.25) is 5.88 Å². The van der Waals surface area contributed by atoms with Crippen molar-refractivity contribution in [2.45, 2.75) is 13.2 Å². The molecule has 0 spiro atoms. The van der Waals surface area contributed by atoms with Gasteiger partial charge in [-0.05, 0) is 29.8 Å². The molecule has 1 aliphatic heterocycles. The maximum atomic E-state index is 14.3. The number of rotatable bonds is 5. The minimum atomic E-state index is -1.09. The van der Waals surface area contributed by atoms with E-state index in [-0.39, 0.29) is 24.0 Å². The summed E-state index contributed by atoms with van der Waals surface area (Å²) in [5.74, 6) is -2.23. The van der Waals surface area contributed by atoms with Crippen molar-refractivity contribution in [3.63, 3.8) is 0 Å². The molecule has 144 valence electrons. The van der Waals surface area contributed by atoms with Crippen molar-refractivity contribution in [3.05, 3.63) is 76.0 Å². The van der Waals surface area contributed by atoms with E-state index in [4.69, 9.17) is 9.47 Å². The van der Waals surface area contributed by atoms with E-state index < -0.39 is 23.1 Å². The van der Waals surface area contributed by atoms with Crippen LogP contribution in [0.4, 0.5) is 19.0 Å². The molecule has 0 bridgehead atoms. The maximum absolute atomic E-state index is 14.3. The van der Waals surface area contributed by atoms with Crippen LogP contribution in [0.5, 0.6) is 17.4 Å². The minimum Gasteiger partial charge on any atom is -0.473 e. The molecule has 0 saturated heterocycles. The number of nitrogens with zero attached hydrogens (tertiary/aromatic N) is 2. The van der Waals surface area contributed by atoms with Gasteiger partial charge >= 0.3 is 5.69 Å². The van der Waals surface area contributed by atoms with Gasteiger partial charge in [-0.2, -0.15) is 4.98 Å². The molecule has 6 nitrogen and oxygen atoms in total. The molecule has 3 aromatic rings. The number of anilines is 1. The third kappa shape index (κ3) is 3.64. The number of halogens is 3. The van der Waals surface area contributed by atoms with Crippen LogP contribution in [0.25, 0.3) is 0 Å². The predicted molar refractivity (Wildman–Crippen MR) is 94.2 cm³/mol. The van der Waals surface area contributed by atoms with Crippen LogP contribution in [0.1, 0.15) is 5.56 Å². The Morgan fingerprint density at radius 1 is 1.04 bits per heavy atom. The number of nitrogens with one attached hydrogen (secondary N) is 1. The largest absolute Gasteiger partial charge is 0.473 e. The van der Waals surface area contributed by atoms with Gasteiger partial charge in [0.25, 0.3) is 0 Å². The van der Waals surface area contributed by atoms with Crippen molar-refractivity contribution in [1.82, 2.24) is 9.55 Å². The van der Waals surface area contributed by atoms with Crippen molar-refractivity contribution >= 4 is 5.82 Å². The van der Waals surface area contributed by atoms with Gasteiger partial charge in [0.15, 0.2) is 23.2 Å². The van der Waals surface area contributed by atoms with E-state index in [2.05, 4.69) is 10.3 Å². The van der Waals surface area contributed by atoms with Crippen LogP contribution in [0, 0.1) is 17.5 Å². The standard InChI is InChI=1S/C19H14F3N3O3/c20-13-3-2-12(8-14(13)21)28-16-4-1-11(7-15(16)22)10-27-18-9-17-23-5-6-25(17)19(26)24-18/h1-4,7-9,23H,5-6,10H2. The number of hydrogen-bond acceptors (Lipinski definition) is 5. The van der Waals surface area contributed by atoms with E-state index in [1.165, 1.54) is 22.8 Å². The smallest absolute Gasteiger partial charge is 0.352 e. The fourth-order valence-corrected chi connectivity index (χ4v) is 2.76. The van der Waals surface area contributed by atoms with Crippen LogP contribution in [-0.2, 0) is 13.2 Å². The van der Waals surface area contributed by atoms with Crippen molar-refractivity contribution in [1.29, 1.82) is 0 Å². The highest BCUT2D eigenvalue weighted by Crippen LogP contribution is 2.27. The molecule has 0 amide bonds. The second kappa shape index (κ2) is 7.26. The molecule has 0 fully saturated rings. The number of aromatic nitrogens is 2. The molecule has 0 atom stereocenters. The molecule has 1 aliphatic rings. The SMILES string of the molecule is O=c1nc(OCc2ccc(Oc3ccc(F)c(F)c3)c(F)c2)cc2n1CCN2. The topological polar surface area (TPSA) is 65.4 Å². The number of ether oxygens (including phenoxy) is 2. The summed E-state index contributed by atoms with van der Waals surface area (Å²) in [6.07, 6.45) is 0. The Balaban J connectivity index is 1.45. The van der Waals surface area contributed by atoms with E-state index in [1.54, 1.807) is 12.1 Å². The van der Waals surface area contributed by atoms with Gasteiger partial charge in [-0.25, -0.2) is 18.0 Å². The predicted octanol–water partition coefficient (Wildman–Crippen LogP) is 3.46. The lowest BCUT2D eigenvalue weighted by Gasteiger charge is -2.10. The molecule has 4 rings (SSSR count). The monoisotopic (exact) mass is 389 g/mol. The van der Waals surface area contributed by atoms with Crippen LogP contribution < -0.4 is 20.5 Å². The highest BCUT2D eigenvalue weighted by molar-refractivity contribution is 5.41. The Bertz CT molecular complexity index is 1100. The molecule has 28 heavy (non-hydrogen) atoms. The fourth-order valence-electron chi connectivity index (χ4n) is 2.76. The van der Waals surface area contributed by atoms with Gasteiger partial charge in [0.05, 0.1) is 0 Å². The maximum Gasteiger partial charge on any atom is 0.352 e. The Labute approximate surface area is 157 Å². The van der Waals surface area contributed by atoms with Gasteiger partial charge in [0.1, 0.15) is 18.2 Å². The first-order valence-corrected chi connectivity index (χ1v) is 8.39. The van der Waals surface area contributed by atoms with Crippen LogP contribution >= 0.6 is 0 Å². The van der Waals surface area contributed by atoms with Gasteiger partial charge in [-0.3, -0.25) is 4.57 Å². The molecule has 9 heteroatoms. The Morgan fingerprint density at radius 2 is 1.89 bits per heavy atom. The quantitative estimate of drug-likeness (QED) is 0.724. The van der Waals surface area contributed by atoms with Crippen LogP contribution in [0.15, 0.2) is 47.3 Å². The fraction of sp³-hybridized carbons (Fsp3) is 0.158. The number of hydrogen-bond donors (Lipinski definition) is 1. The number of benzene rings is 2. The summed E-state index contributed by atoms with van der Waals surface area (Å²) in [7, 11) is 0. The Kier molecular flexibility index (Phi) is 4.64. The molecule has 0 saturated carbocycles. The molecule has 0 unspecified atom stereocenters. The minimum absolute atomic E-state index is 0.0156. The van der Waals surface area contributed by atoms with Crippen LogP contribution in [0.3, 0.4) is 0 Å². The highest BCUT2D eigenvalue weighted by Gasteiger charge is 2.14. The van der Waals surface area contributed by atoms with E-state index in [0.717, 1.165) is 12.1 Å². The lowest BCUT2D eigenvalue weighted by atomic mass is 10.2. The molecular weight excluding hydrogens is 375 g/mol. The first-order chi connectivity index (χ1) is 13.5. The molecule has 2 heterocycles. The van der Waals surface area contributed by atoms with Crippen molar-refractivity contribution in [3.8, 4) is 17.4 Å². The van der Waals surface area contributed by atoms with E-state index in [1.807, 2.05) is 0 Å². The van der Waals surface area contributed by atoms with Crippen molar-refractivity contribution in [2.75, 3.05) is 11.9 Å². The zero-order valence-corrected chi connectivity index (χ0v) is 14.4. The molecule has 0 aliphatic carbocycles. The molecule has 2 aromatic carbocycles. The normalized spacial score (nSPS) is 12.4. The lowest BCUT2D eigenvalue weighted by molar-refractivity contribution is 0.290. The molecular formula is C19H14F3N3O3. The van der Waals surface area contributed by atoms with Gasteiger partial charge in [-0.15, -0.1) is 0 Å². The van der Waals surface area contributed by atoms with Crippen LogP contribution in [0.2, 0.25) is 0 Å². The summed E-state index contributed by atoms with van der Waals surface area (Å²) < 4.78 is 52.6. The first-order valence-electron chi connectivity index (χ1n) is 8.39. The average Bonchev–Trinajstić information content (AvgIpc) is 3.14. The summed E-state index contributed by atoms with van der Waals surface area (Å²) in [4.78, 5) is 15.7. The van der Waals surface area contributed by atoms with Gasteiger partial charge in [0, 0.05) is 25.2 Å². The third-order valence-corrected chi connectivity index (χ3v) is 4.13. The van der Waals surface area contributed by atoms with Crippen LogP contribution in [-0.4, -0.2) is 16.1 Å². The Morgan fingerprint density at radius 3 is 2.68 bits per heavy atom. The molecule has 1 aromatic heterocycles. The van der Waals surface area contributed by atoms with E-state index in [9.17, 15) is 18.0 Å². The lowest BCUT2D eigenvalue weighted by Crippen LogP contribution is -2.21. The zero-order valence-electron chi connectivity index (χ0n) is 14.4. The number of fused-ring (bicyclic) bond motifs is 1. The summed E-state index contributed by atoms with van der Waals surface area (Å²) in [5, 5.41) is 3.04. The summed E-state index contributed by atoms with van der Waals surface area (Å²) in [6, 6.07) is 8.61. The van der Waals surface area contributed by atoms with E-state index in [0.29, 0.717) is 24.5 Å². The van der Waals surface area contributed by atoms with Gasteiger partial charge in [-0.1, -0.05) is 6.07 Å². The van der Waals surface area contributed by atoms with Gasteiger partial charge < -0.3 is 14.8 Å². The zero-order chi connectivity index (χ0) is 19.7. The molecule has 0 radical (unpaired) electrons. The summed E-state index contributed by atoms with van der Waals surface area (Å²) >= 11 is 0. The summed E-state index contributed by atoms with van der Waals surface area (Å²) in [5.41, 5.74) is 0.0597. The summed E-state index contributed by atoms with van der Waals surface area (Å²) in [6.45, 7) is 1.18.